The first kappa shape index (κ1) is 16.7. The smallest absolute Gasteiger partial charge is 0.262 e. The summed E-state index contributed by atoms with van der Waals surface area (Å²) in [4.78, 5) is 4.61. The number of aromatic nitrogens is 2. The second kappa shape index (κ2) is 6.49. The van der Waals surface area contributed by atoms with Crippen LogP contribution in [0, 0.1) is 0 Å². The van der Waals surface area contributed by atoms with Crippen molar-refractivity contribution >= 4 is 15.7 Å². The summed E-state index contributed by atoms with van der Waals surface area (Å²) in [6.07, 6.45) is 3.94. The Balaban J connectivity index is 1.64. The van der Waals surface area contributed by atoms with Crippen LogP contribution in [0.25, 0.3) is 11.3 Å². The minimum Gasteiger partial charge on any atom is -0.497 e. The minimum atomic E-state index is -3.70. The number of nitrogens with one attached hydrogen (secondary N) is 1. The number of anilines is 1. The Labute approximate surface area is 152 Å². The van der Waals surface area contributed by atoms with Gasteiger partial charge in [-0.25, -0.2) is 13.4 Å². The fourth-order valence-electron chi connectivity index (χ4n) is 3.21. The molecule has 4 rings (SSSR count). The molecule has 3 aromatic rings. The van der Waals surface area contributed by atoms with Gasteiger partial charge in [0.25, 0.3) is 10.0 Å². The Morgan fingerprint density at radius 3 is 2.85 bits per heavy atom. The fraction of sp³-hybridized carbons (Fsp3) is 0.211. The van der Waals surface area contributed by atoms with Gasteiger partial charge in [-0.2, -0.15) is 0 Å². The van der Waals surface area contributed by atoms with E-state index in [1.165, 1.54) is 13.2 Å². The van der Waals surface area contributed by atoms with E-state index in [2.05, 4.69) is 14.3 Å². The number of aryl methyl sites for hydroxylation is 1. The van der Waals surface area contributed by atoms with E-state index in [1.807, 2.05) is 24.4 Å². The molecule has 0 amide bonds. The number of hydrogen-bond acceptors (Lipinski definition) is 4. The molecule has 0 atom stereocenters. The van der Waals surface area contributed by atoms with Gasteiger partial charge in [0.2, 0.25) is 0 Å². The molecule has 26 heavy (non-hydrogen) atoms. The maximum atomic E-state index is 12.7. The van der Waals surface area contributed by atoms with Crippen LogP contribution in [0.15, 0.2) is 59.6 Å². The van der Waals surface area contributed by atoms with E-state index in [-0.39, 0.29) is 4.90 Å². The van der Waals surface area contributed by atoms with Crippen molar-refractivity contribution in [1.29, 1.82) is 0 Å². The molecule has 0 radical (unpaired) electrons. The monoisotopic (exact) mass is 369 g/mol. The number of imidazole rings is 1. The average Bonchev–Trinajstić information content (AvgIpc) is 3.25. The highest BCUT2D eigenvalue weighted by atomic mass is 32.2. The molecule has 0 fully saturated rings. The largest absolute Gasteiger partial charge is 0.497 e. The molecule has 1 aliphatic heterocycles. The molecule has 0 saturated heterocycles. The number of benzene rings is 2. The zero-order valence-electron chi connectivity index (χ0n) is 14.3. The van der Waals surface area contributed by atoms with Gasteiger partial charge >= 0.3 is 0 Å². The standard InChI is InChI=1S/C19H19N3O3S/c1-25-16-7-3-8-17(12-16)26(23,24)21-15-6-2-5-14(11-15)18-13-20-19-9-4-10-22(18)19/h2-3,5-8,11-13,21H,4,9-10H2,1H3. The zero-order valence-corrected chi connectivity index (χ0v) is 15.2. The predicted octanol–water partition coefficient (Wildman–Crippen LogP) is 3.31. The van der Waals surface area contributed by atoms with Gasteiger partial charge in [0.15, 0.2) is 0 Å². The van der Waals surface area contributed by atoms with Crippen molar-refractivity contribution < 1.29 is 13.2 Å². The second-order valence-corrected chi connectivity index (χ2v) is 7.86. The molecule has 1 aliphatic rings. The number of methoxy groups -OCH3 is 1. The van der Waals surface area contributed by atoms with Crippen LogP contribution < -0.4 is 9.46 Å². The predicted molar refractivity (Wildman–Crippen MR) is 99.8 cm³/mol. The summed E-state index contributed by atoms with van der Waals surface area (Å²) in [6.45, 7) is 0.949. The van der Waals surface area contributed by atoms with E-state index in [1.54, 1.807) is 24.3 Å². The third-order valence-electron chi connectivity index (χ3n) is 4.48. The molecule has 2 aromatic carbocycles. The highest BCUT2D eigenvalue weighted by Crippen LogP contribution is 2.28. The van der Waals surface area contributed by atoms with Crippen LogP contribution in [0.5, 0.6) is 5.75 Å². The quantitative estimate of drug-likeness (QED) is 0.749. The van der Waals surface area contributed by atoms with Crippen LogP contribution in [0.4, 0.5) is 5.69 Å². The van der Waals surface area contributed by atoms with E-state index < -0.39 is 10.0 Å². The fourth-order valence-corrected chi connectivity index (χ4v) is 4.30. The Bertz CT molecular complexity index is 1060. The van der Waals surface area contributed by atoms with Crippen molar-refractivity contribution in [2.24, 2.45) is 0 Å². The minimum absolute atomic E-state index is 0.160. The number of sulfonamides is 1. The molecule has 0 bridgehead atoms. The van der Waals surface area contributed by atoms with Crippen molar-refractivity contribution in [3.05, 3.63) is 60.6 Å². The zero-order chi connectivity index (χ0) is 18.1. The second-order valence-electron chi connectivity index (χ2n) is 6.18. The number of nitrogens with zero attached hydrogens (tertiary/aromatic N) is 2. The van der Waals surface area contributed by atoms with Crippen LogP contribution in [-0.4, -0.2) is 25.1 Å². The maximum Gasteiger partial charge on any atom is 0.262 e. The van der Waals surface area contributed by atoms with Crippen LogP contribution >= 0.6 is 0 Å². The van der Waals surface area contributed by atoms with Gasteiger partial charge in [0.1, 0.15) is 11.6 Å². The van der Waals surface area contributed by atoms with Gasteiger partial charge in [-0.1, -0.05) is 18.2 Å². The van der Waals surface area contributed by atoms with Gasteiger partial charge in [-0.3, -0.25) is 4.72 Å². The van der Waals surface area contributed by atoms with Gasteiger partial charge in [-0.15, -0.1) is 0 Å². The first-order chi connectivity index (χ1) is 12.6. The lowest BCUT2D eigenvalue weighted by molar-refractivity contribution is 0.413. The molecule has 6 nitrogen and oxygen atoms in total. The lowest BCUT2D eigenvalue weighted by Crippen LogP contribution is -2.13. The Hall–Kier alpha value is -2.80. The molecule has 0 spiro atoms. The molecule has 2 heterocycles. The number of rotatable bonds is 5. The molecule has 0 saturated carbocycles. The third kappa shape index (κ3) is 3.06. The Morgan fingerprint density at radius 2 is 2.00 bits per heavy atom. The summed E-state index contributed by atoms with van der Waals surface area (Å²) in [5.41, 5.74) is 2.47. The van der Waals surface area contributed by atoms with Crippen LogP contribution in [0.2, 0.25) is 0 Å². The Kier molecular flexibility index (Phi) is 4.16. The van der Waals surface area contributed by atoms with E-state index in [0.29, 0.717) is 11.4 Å². The van der Waals surface area contributed by atoms with Crippen molar-refractivity contribution in [1.82, 2.24) is 9.55 Å². The molecule has 134 valence electrons. The summed E-state index contributed by atoms with van der Waals surface area (Å²) in [5.74, 6) is 1.58. The third-order valence-corrected chi connectivity index (χ3v) is 5.86. The SMILES string of the molecule is COc1cccc(S(=O)(=O)Nc2cccc(-c3cnc4n3CCC4)c2)c1. The Morgan fingerprint density at radius 1 is 1.15 bits per heavy atom. The van der Waals surface area contributed by atoms with Crippen molar-refractivity contribution in [3.63, 3.8) is 0 Å². The van der Waals surface area contributed by atoms with Crippen LogP contribution in [0.1, 0.15) is 12.2 Å². The lowest BCUT2D eigenvalue weighted by atomic mass is 10.1. The maximum absolute atomic E-state index is 12.7. The molecule has 0 aliphatic carbocycles. The van der Waals surface area contributed by atoms with E-state index in [0.717, 1.165) is 36.5 Å². The van der Waals surface area contributed by atoms with Gasteiger partial charge in [-0.05, 0) is 30.7 Å². The summed E-state index contributed by atoms with van der Waals surface area (Å²) in [7, 11) is -2.19. The van der Waals surface area contributed by atoms with Crippen molar-refractivity contribution in [2.75, 3.05) is 11.8 Å². The molecule has 1 N–H and O–H groups in total. The molecule has 0 unspecified atom stereocenters. The highest BCUT2D eigenvalue weighted by molar-refractivity contribution is 7.92. The summed E-state index contributed by atoms with van der Waals surface area (Å²) in [6, 6.07) is 13.8. The lowest BCUT2D eigenvalue weighted by Gasteiger charge is -2.11. The summed E-state index contributed by atoms with van der Waals surface area (Å²) < 4.78 is 35.3. The first-order valence-electron chi connectivity index (χ1n) is 8.38. The number of hydrogen-bond donors (Lipinski definition) is 1. The van der Waals surface area contributed by atoms with Gasteiger partial charge in [0, 0.05) is 30.3 Å². The summed E-state index contributed by atoms with van der Waals surface area (Å²) in [5, 5.41) is 0. The molecule has 7 heteroatoms. The van der Waals surface area contributed by atoms with Crippen molar-refractivity contribution in [3.8, 4) is 17.0 Å². The van der Waals surface area contributed by atoms with Crippen LogP contribution in [0.3, 0.4) is 0 Å². The van der Waals surface area contributed by atoms with E-state index >= 15 is 0 Å². The molecule has 1 aromatic heterocycles. The average molecular weight is 369 g/mol. The van der Waals surface area contributed by atoms with Gasteiger partial charge < -0.3 is 9.30 Å². The molecular formula is C19H19N3O3S. The first-order valence-corrected chi connectivity index (χ1v) is 9.87. The molecular weight excluding hydrogens is 350 g/mol. The van der Waals surface area contributed by atoms with E-state index in [9.17, 15) is 8.42 Å². The van der Waals surface area contributed by atoms with Crippen molar-refractivity contribution in [2.45, 2.75) is 24.3 Å². The topological polar surface area (TPSA) is 73.2 Å². The van der Waals surface area contributed by atoms with E-state index in [4.69, 9.17) is 4.74 Å². The van der Waals surface area contributed by atoms with Gasteiger partial charge in [0.05, 0.1) is 23.9 Å². The van der Waals surface area contributed by atoms with Crippen LogP contribution in [-0.2, 0) is 23.0 Å². The normalized spacial score (nSPS) is 13.4. The summed E-state index contributed by atoms with van der Waals surface area (Å²) >= 11 is 0. The number of ether oxygens (including phenoxy) is 1. The number of fused-ring (bicyclic) bond motifs is 1. The highest BCUT2D eigenvalue weighted by Gasteiger charge is 2.18.